The molecule has 1 atom stereocenters. The van der Waals surface area contributed by atoms with Gasteiger partial charge >= 0.3 is 5.97 Å². The van der Waals surface area contributed by atoms with E-state index in [1.54, 1.807) is 0 Å². The van der Waals surface area contributed by atoms with Crippen LogP contribution in [0, 0.1) is 0 Å². The average Bonchev–Trinajstić information content (AvgIpc) is 2.51. The molecule has 1 aromatic rings. The van der Waals surface area contributed by atoms with Crippen LogP contribution in [0.15, 0.2) is 35.6 Å². The molecule has 0 saturated heterocycles. The zero-order valence-electron chi connectivity index (χ0n) is 15.0. The quantitative estimate of drug-likeness (QED) is 0.553. The highest BCUT2D eigenvalue weighted by Crippen LogP contribution is 2.41. The molecule has 0 unspecified atom stereocenters. The Kier molecular flexibility index (Phi) is 5.92. The van der Waals surface area contributed by atoms with Crippen LogP contribution in [0.3, 0.4) is 0 Å². The summed E-state index contributed by atoms with van der Waals surface area (Å²) in [5.74, 6) is -0.389. The third-order valence-corrected chi connectivity index (χ3v) is 4.81. The lowest BCUT2D eigenvalue weighted by atomic mass is 9.80. The number of carbonyl (C=O) groups is 1. The van der Waals surface area contributed by atoms with E-state index in [0.717, 1.165) is 31.2 Å². The van der Waals surface area contributed by atoms with E-state index in [2.05, 4.69) is 13.8 Å². The molecule has 0 aromatic heterocycles. The van der Waals surface area contributed by atoms with Crippen LogP contribution in [0.1, 0.15) is 70.8 Å². The van der Waals surface area contributed by atoms with Crippen LogP contribution in [0.25, 0.3) is 0 Å². The minimum absolute atomic E-state index is 0.183. The van der Waals surface area contributed by atoms with Gasteiger partial charge in [0, 0.05) is 18.0 Å². The molecular formula is C20H29NO3. The minimum atomic E-state index is -0.553. The number of esters is 1. The summed E-state index contributed by atoms with van der Waals surface area (Å²) in [4.78, 5) is 12.8. The van der Waals surface area contributed by atoms with Crippen molar-refractivity contribution in [1.29, 1.82) is 0 Å². The van der Waals surface area contributed by atoms with Crippen molar-refractivity contribution in [3.8, 4) is 0 Å². The maximum Gasteiger partial charge on any atom is 0.338 e. The topological polar surface area (TPSA) is 72.5 Å². The molecule has 1 aromatic carbocycles. The smallest absolute Gasteiger partial charge is 0.338 e. The largest absolute Gasteiger partial charge is 0.512 e. The summed E-state index contributed by atoms with van der Waals surface area (Å²) in [5, 5.41) is 10.7. The first kappa shape index (κ1) is 18.4. The predicted octanol–water partition coefficient (Wildman–Crippen LogP) is 4.86. The second-order valence-corrected chi connectivity index (χ2v) is 6.74. The van der Waals surface area contributed by atoms with Crippen LogP contribution in [0.2, 0.25) is 0 Å². The Hall–Kier alpha value is -1.97. The molecule has 0 amide bonds. The zero-order valence-corrected chi connectivity index (χ0v) is 15.0. The van der Waals surface area contributed by atoms with Crippen LogP contribution in [0.5, 0.6) is 0 Å². The summed E-state index contributed by atoms with van der Waals surface area (Å²) in [6.07, 6.45) is 4.50. The standard InChI is InChI=1S/C20H29NO3/c1-4-10-20(11-5-2)13-17(22)18(19(23)24-20)16(6-3)14-8-7-9-15(21)12-14/h7-9,12,16,22H,4-6,10-11,13,21H2,1-3H3/t16-/m1/s1. The third kappa shape index (κ3) is 3.74. The number of hydrogen-bond acceptors (Lipinski definition) is 4. The number of aliphatic hydroxyl groups excluding tert-OH is 1. The molecule has 4 nitrogen and oxygen atoms in total. The van der Waals surface area contributed by atoms with E-state index < -0.39 is 5.60 Å². The number of ether oxygens (including phenoxy) is 1. The van der Waals surface area contributed by atoms with Gasteiger partial charge in [-0.05, 0) is 37.0 Å². The van der Waals surface area contributed by atoms with Crippen molar-refractivity contribution >= 4 is 11.7 Å². The molecule has 0 spiro atoms. The predicted molar refractivity (Wildman–Crippen MR) is 96.8 cm³/mol. The van der Waals surface area contributed by atoms with Crippen molar-refractivity contribution in [3.63, 3.8) is 0 Å². The van der Waals surface area contributed by atoms with Crippen molar-refractivity contribution in [2.75, 3.05) is 5.73 Å². The van der Waals surface area contributed by atoms with E-state index in [4.69, 9.17) is 10.5 Å². The van der Waals surface area contributed by atoms with Gasteiger partial charge in [-0.15, -0.1) is 0 Å². The van der Waals surface area contributed by atoms with Gasteiger partial charge in [-0.2, -0.15) is 0 Å². The minimum Gasteiger partial charge on any atom is -0.512 e. The molecule has 3 N–H and O–H groups in total. The van der Waals surface area contributed by atoms with E-state index in [9.17, 15) is 9.90 Å². The number of benzene rings is 1. The van der Waals surface area contributed by atoms with Gasteiger partial charge in [0.1, 0.15) is 11.4 Å². The summed E-state index contributed by atoms with van der Waals surface area (Å²) in [5.41, 5.74) is 7.31. The van der Waals surface area contributed by atoms with Gasteiger partial charge in [0.25, 0.3) is 0 Å². The number of carbonyl (C=O) groups excluding carboxylic acids is 1. The number of hydrogen-bond donors (Lipinski definition) is 2. The van der Waals surface area contributed by atoms with Crippen LogP contribution in [-0.2, 0) is 9.53 Å². The van der Waals surface area contributed by atoms with Crippen molar-refractivity contribution in [3.05, 3.63) is 41.2 Å². The second-order valence-electron chi connectivity index (χ2n) is 6.74. The molecular weight excluding hydrogens is 302 g/mol. The monoisotopic (exact) mass is 331 g/mol. The van der Waals surface area contributed by atoms with Crippen LogP contribution >= 0.6 is 0 Å². The summed E-state index contributed by atoms with van der Waals surface area (Å²) < 4.78 is 5.88. The summed E-state index contributed by atoms with van der Waals surface area (Å²) >= 11 is 0. The van der Waals surface area contributed by atoms with Gasteiger partial charge in [0.05, 0.1) is 5.57 Å². The fourth-order valence-corrected chi connectivity index (χ4v) is 3.85. The number of nitrogen functional groups attached to an aromatic ring is 1. The number of aliphatic hydroxyl groups is 1. The van der Waals surface area contributed by atoms with E-state index in [0.29, 0.717) is 24.1 Å². The molecule has 132 valence electrons. The SMILES string of the molecule is CCCC1(CCC)CC(O)=C([C@H](CC)c2cccc(N)c2)C(=O)O1. The normalized spacial score (nSPS) is 18.4. The number of anilines is 1. The molecule has 4 heteroatoms. The van der Waals surface area contributed by atoms with Gasteiger partial charge in [-0.3, -0.25) is 0 Å². The van der Waals surface area contributed by atoms with Crippen LogP contribution in [-0.4, -0.2) is 16.7 Å². The maximum atomic E-state index is 12.8. The Balaban J connectivity index is 2.39. The average molecular weight is 331 g/mol. The number of cyclic esters (lactones) is 1. The first-order valence-electron chi connectivity index (χ1n) is 8.97. The number of rotatable bonds is 7. The van der Waals surface area contributed by atoms with Crippen molar-refractivity contribution in [1.82, 2.24) is 0 Å². The Labute approximate surface area is 144 Å². The highest BCUT2D eigenvalue weighted by atomic mass is 16.6. The van der Waals surface area contributed by atoms with Crippen molar-refractivity contribution in [2.24, 2.45) is 0 Å². The number of nitrogens with two attached hydrogens (primary N) is 1. The molecule has 0 saturated carbocycles. The van der Waals surface area contributed by atoms with Gasteiger partial charge in [0.2, 0.25) is 0 Å². The lowest BCUT2D eigenvalue weighted by Crippen LogP contribution is -2.41. The molecule has 0 fully saturated rings. The molecule has 0 bridgehead atoms. The highest BCUT2D eigenvalue weighted by Gasteiger charge is 2.42. The fraction of sp³-hybridized carbons (Fsp3) is 0.550. The summed E-state index contributed by atoms with van der Waals surface area (Å²) in [7, 11) is 0. The molecule has 1 aliphatic rings. The van der Waals surface area contributed by atoms with Crippen LogP contribution in [0.4, 0.5) is 5.69 Å². The van der Waals surface area contributed by atoms with E-state index >= 15 is 0 Å². The lowest BCUT2D eigenvalue weighted by Gasteiger charge is -2.38. The Morgan fingerprint density at radius 1 is 1.25 bits per heavy atom. The first-order valence-corrected chi connectivity index (χ1v) is 8.97. The summed E-state index contributed by atoms with van der Waals surface area (Å²) in [6.45, 7) is 6.15. The van der Waals surface area contributed by atoms with Crippen molar-refractivity contribution in [2.45, 2.75) is 70.8 Å². The highest BCUT2D eigenvalue weighted by molar-refractivity contribution is 5.92. The van der Waals surface area contributed by atoms with Gasteiger partial charge in [0.15, 0.2) is 0 Å². The lowest BCUT2D eigenvalue weighted by molar-refractivity contribution is -0.161. The van der Waals surface area contributed by atoms with Gasteiger partial charge in [-0.1, -0.05) is 45.7 Å². The Morgan fingerprint density at radius 2 is 1.92 bits per heavy atom. The molecule has 24 heavy (non-hydrogen) atoms. The maximum absolute atomic E-state index is 12.8. The van der Waals surface area contributed by atoms with Gasteiger partial charge < -0.3 is 15.6 Å². The second kappa shape index (κ2) is 7.73. The Morgan fingerprint density at radius 3 is 2.42 bits per heavy atom. The van der Waals surface area contributed by atoms with Crippen molar-refractivity contribution < 1.29 is 14.6 Å². The van der Waals surface area contributed by atoms with E-state index in [1.165, 1.54) is 0 Å². The summed E-state index contributed by atoms with van der Waals surface area (Å²) in [6, 6.07) is 7.49. The molecule has 1 heterocycles. The molecule has 1 aliphatic heterocycles. The molecule has 2 rings (SSSR count). The Bertz CT molecular complexity index is 615. The third-order valence-electron chi connectivity index (χ3n) is 4.81. The molecule has 0 aliphatic carbocycles. The zero-order chi connectivity index (χ0) is 17.7. The fourth-order valence-electron chi connectivity index (χ4n) is 3.85. The first-order chi connectivity index (χ1) is 11.5. The van der Waals surface area contributed by atoms with Gasteiger partial charge in [-0.25, -0.2) is 4.79 Å². The van der Waals surface area contributed by atoms with Crippen LogP contribution < -0.4 is 5.73 Å². The molecule has 0 radical (unpaired) electrons. The van der Waals surface area contributed by atoms with E-state index in [-0.39, 0.29) is 17.6 Å². The van der Waals surface area contributed by atoms with E-state index in [1.807, 2.05) is 31.2 Å².